The molecule has 196 valence electrons. The van der Waals surface area contributed by atoms with E-state index in [0.29, 0.717) is 42.5 Å². The Morgan fingerprint density at radius 3 is 2.71 bits per heavy atom. The molecule has 0 fully saturated rings. The summed E-state index contributed by atoms with van der Waals surface area (Å²) in [5.41, 5.74) is 5.03. The molecule has 0 unspecified atom stereocenters. The van der Waals surface area contributed by atoms with E-state index < -0.39 is 0 Å². The average molecular weight is 652 g/mol. The number of hydrazone groups is 1. The number of ether oxygens (including phenoxy) is 2. The highest BCUT2D eigenvalue weighted by Crippen LogP contribution is 2.37. The molecule has 3 aromatic carbocycles. The summed E-state index contributed by atoms with van der Waals surface area (Å²) in [5, 5.41) is 14.3. The van der Waals surface area contributed by atoms with Crippen molar-refractivity contribution in [3.8, 4) is 22.1 Å². The van der Waals surface area contributed by atoms with Crippen LogP contribution in [0.4, 0.5) is 0 Å². The second kappa shape index (κ2) is 14.0. The van der Waals surface area contributed by atoms with Crippen molar-refractivity contribution >= 4 is 74.4 Å². The Morgan fingerprint density at radius 1 is 1.13 bits per heavy atom. The molecule has 0 bridgehead atoms. The van der Waals surface area contributed by atoms with Crippen LogP contribution in [0.1, 0.15) is 18.1 Å². The maximum Gasteiger partial charge on any atom is 0.250 e. The number of carbonyl (C=O) groups excluding carboxylic acids is 1. The lowest BCUT2D eigenvalue weighted by Gasteiger charge is -2.15. The van der Waals surface area contributed by atoms with E-state index in [-0.39, 0.29) is 18.3 Å². The highest BCUT2D eigenvalue weighted by Gasteiger charge is 2.14. The number of nitrogens with zero attached hydrogens (tertiary/aromatic N) is 3. The molecule has 0 spiro atoms. The van der Waals surface area contributed by atoms with E-state index in [9.17, 15) is 4.79 Å². The third-order valence-corrected chi connectivity index (χ3v) is 8.16. The molecule has 4 aromatic rings. The summed E-state index contributed by atoms with van der Waals surface area (Å²) in [6.45, 7) is 2.56. The van der Waals surface area contributed by atoms with E-state index in [0.717, 1.165) is 16.1 Å². The normalized spacial score (nSPS) is 11.1. The molecular formula is C26H21BrCl2N4O3S2. The minimum Gasteiger partial charge on any atom is -0.490 e. The van der Waals surface area contributed by atoms with Crippen molar-refractivity contribution in [3.63, 3.8) is 0 Å². The SMILES string of the molecule is CCOc1cc(C=NNC(=O)CSc2nnc(-c3ccccc3)s2)cc(Br)c1OCc1ccc(Cl)cc1Cl. The average Bonchev–Trinajstić information content (AvgIpc) is 3.38. The van der Waals surface area contributed by atoms with Crippen LogP contribution in [0.15, 0.2) is 74.6 Å². The Hall–Kier alpha value is -2.63. The number of thioether (sulfide) groups is 1. The number of hydrogen-bond acceptors (Lipinski definition) is 8. The van der Waals surface area contributed by atoms with E-state index >= 15 is 0 Å². The van der Waals surface area contributed by atoms with Crippen LogP contribution in [0.2, 0.25) is 10.0 Å². The van der Waals surface area contributed by atoms with Crippen molar-refractivity contribution in [2.45, 2.75) is 17.9 Å². The van der Waals surface area contributed by atoms with Gasteiger partial charge in [-0.05, 0) is 52.7 Å². The van der Waals surface area contributed by atoms with Gasteiger partial charge in [0.2, 0.25) is 0 Å². The van der Waals surface area contributed by atoms with Crippen molar-refractivity contribution in [2.24, 2.45) is 5.10 Å². The monoisotopic (exact) mass is 650 g/mol. The quantitative estimate of drug-likeness (QED) is 0.103. The molecule has 0 aliphatic carbocycles. The number of amides is 1. The van der Waals surface area contributed by atoms with Crippen molar-refractivity contribution < 1.29 is 14.3 Å². The first-order valence-electron chi connectivity index (χ1n) is 11.3. The van der Waals surface area contributed by atoms with Gasteiger partial charge in [-0.2, -0.15) is 5.10 Å². The van der Waals surface area contributed by atoms with Crippen molar-refractivity contribution in [2.75, 3.05) is 12.4 Å². The molecule has 0 aliphatic heterocycles. The Labute approximate surface area is 246 Å². The molecule has 0 saturated carbocycles. The molecule has 0 atom stereocenters. The van der Waals surface area contributed by atoms with Crippen molar-refractivity contribution in [3.05, 3.63) is 86.3 Å². The van der Waals surface area contributed by atoms with Gasteiger partial charge < -0.3 is 9.47 Å². The van der Waals surface area contributed by atoms with E-state index in [2.05, 4.69) is 36.7 Å². The maximum atomic E-state index is 12.3. The Morgan fingerprint density at radius 2 is 1.95 bits per heavy atom. The Kier molecular flexibility index (Phi) is 10.4. The van der Waals surface area contributed by atoms with Crippen LogP contribution in [0.5, 0.6) is 11.5 Å². The van der Waals surface area contributed by atoms with Gasteiger partial charge in [-0.1, -0.05) is 82.7 Å². The van der Waals surface area contributed by atoms with Gasteiger partial charge in [-0.3, -0.25) is 4.79 Å². The minimum atomic E-state index is -0.258. The summed E-state index contributed by atoms with van der Waals surface area (Å²) >= 11 is 18.5. The van der Waals surface area contributed by atoms with Crippen LogP contribution >= 0.6 is 62.2 Å². The highest BCUT2D eigenvalue weighted by molar-refractivity contribution is 9.10. The first-order valence-corrected chi connectivity index (χ1v) is 14.6. The molecule has 1 N–H and O–H groups in total. The second-order valence-electron chi connectivity index (χ2n) is 7.61. The van der Waals surface area contributed by atoms with Crippen molar-refractivity contribution in [1.82, 2.24) is 15.6 Å². The highest BCUT2D eigenvalue weighted by atomic mass is 79.9. The smallest absolute Gasteiger partial charge is 0.250 e. The van der Waals surface area contributed by atoms with Crippen LogP contribution in [0.25, 0.3) is 10.6 Å². The van der Waals surface area contributed by atoms with E-state index in [4.69, 9.17) is 32.7 Å². The summed E-state index contributed by atoms with van der Waals surface area (Å²) in [7, 11) is 0. The zero-order valence-electron chi connectivity index (χ0n) is 20.0. The van der Waals surface area contributed by atoms with Gasteiger partial charge in [0.25, 0.3) is 5.91 Å². The van der Waals surface area contributed by atoms with Crippen LogP contribution in [0, 0.1) is 0 Å². The topological polar surface area (TPSA) is 85.7 Å². The predicted octanol–water partition coefficient (Wildman–Crippen LogP) is 7.49. The summed E-state index contributed by atoms with van der Waals surface area (Å²) in [6, 6.07) is 18.6. The molecule has 12 heteroatoms. The number of halogens is 3. The number of carbonyl (C=O) groups is 1. The Bertz CT molecular complexity index is 1440. The molecular weight excluding hydrogens is 631 g/mol. The van der Waals surface area contributed by atoms with Crippen LogP contribution < -0.4 is 14.9 Å². The molecule has 1 amide bonds. The molecule has 0 aliphatic rings. The fourth-order valence-corrected chi connectivity index (χ4v) is 5.84. The summed E-state index contributed by atoms with van der Waals surface area (Å²) in [5.74, 6) is 0.962. The first-order chi connectivity index (χ1) is 18.4. The molecule has 0 saturated heterocycles. The standard InChI is InChI=1S/C26H21BrCl2N4O3S2/c1-2-35-22-11-16(10-20(27)24(22)36-14-18-8-9-19(28)12-21(18)29)13-30-31-23(34)15-37-26-33-32-25(38-26)17-6-4-3-5-7-17/h3-13H,2,14-15H2,1H3,(H,31,34). The fourth-order valence-electron chi connectivity index (χ4n) is 3.16. The third kappa shape index (κ3) is 7.94. The Balaban J connectivity index is 1.34. The van der Waals surface area contributed by atoms with Gasteiger partial charge in [0.05, 0.1) is 23.0 Å². The predicted molar refractivity (Wildman–Crippen MR) is 158 cm³/mol. The maximum absolute atomic E-state index is 12.3. The van der Waals surface area contributed by atoms with Crippen LogP contribution in [-0.2, 0) is 11.4 Å². The fraction of sp³-hybridized carbons (Fsp3) is 0.154. The summed E-state index contributed by atoms with van der Waals surface area (Å²) in [6.07, 6.45) is 1.54. The van der Waals surface area contributed by atoms with E-state index in [1.807, 2.05) is 49.4 Å². The number of aromatic nitrogens is 2. The second-order valence-corrected chi connectivity index (χ2v) is 11.5. The lowest BCUT2D eigenvalue weighted by atomic mass is 10.2. The summed E-state index contributed by atoms with van der Waals surface area (Å²) in [4.78, 5) is 12.3. The van der Waals surface area contributed by atoms with E-state index in [1.165, 1.54) is 29.3 Å². The number of rotatable bonds is 11. The number of benzene rings is 3. The third-order valence-electron chi connectivity index (χ3n) is 4.88. The molecule has 0 radical (unpaired) electrons. The van der Waals surface area contributed by atoms with Gasteiger partial charge in [-0.25, -0.2) is 5.43 Å². The number of hydrogen-bond donors (Lipinski definition) is 1. The number of nitrogens with one attached hydrogen (secondary N) is 1. The van der Waals surface area contributed by atoms with Crippen molar-refractivity contribution in [1.29, 1.82) is 0 Å². The molecule has 1 aromatic heterocycles. The van der Waals surface area contributed by atoms with Gasteiger partial charge >= 0.3 is 0 Å². The van der Waals surface area contributed by atoms with E-state index in [1.54, 1.807) is 18.2 Å². The van der Waals surface area contributed by atoms with Crippen LogP contribution in [-0.4, -0.2) is 34.7 Å². The van der Waals surface area contributed by atoms with Gasteiger partial charge in [-0.15, -0.1) is 10.2 Å². The van der Waals surface area contributed by atoms with Crippen LogP contribution in [0.3, 0.4) is 0 Å². The zero-order valence-corrected chi connectivity index (χ0v) is 24.7. The summed E-state index contributed by atoms with van der Waals surface area (Å²) < 4.78 is 13.2. The van der Waals surface area contributed by atoms with Gasteiger partial charge in [0.1, 0.15) is 11.6 Å². The first kappa shape index (κ1) is 28.4. The largest absolute Gasteiger partial charge is 0.490 e. The molecule has 1 heterocycles. The molecule has 38 heavy (non-hydrogen) atoms. The minimum absolute atomic E-state index is 0.161. The molecule has 4 rings (SSSR count). The molecule has 7 nitrogen and oxygen atoms in total. The zero-order chi connectivity index (χ0) is 26.9. The van der Waals surface area contributed by atoms with Gasteiger partial charge in [0, 0.05) is 21.2 Å². The van der Waals surface area contributed by atoms with Gasteiger partial charge in [0.15, 0.2) is 15.8 Å². The lowest BCUT2D eigenvalue weighted by molar-refractivity contribution is -0.118. The lowest BCUT2D eigenvalue weighted by Crippen LogP contribution is -2.19.